The predicted octanol–water partition coefficient (Wildman–Crippen LogP) is 2.38. The zero-order valence-electron chi connectivity index (χ0n) is 10.3. The summed E-state index contributed by atoms with van der Waals surface area (Å²) >= 11 is 0. The van der Waals surface area contributed by atoms with Crippen molar-refractivity contribution in [3.8, 4) is 0 Å². The molecule has 0 aliphatic carbocycles. The van der Waals surface area contributed by atoms with Crippen LogP contribution in [0.25, 0.3) is 11.0 Å². The number of hydrogen-bond donors (Lipinski definition) is 1. The van der Waals surface area contributed by atoms with E-state index in [1.807, 2.05) is 11.6 Å². The Balaban J connectivity index is 2.32. The molecule has 0 aliphatic heterocycles. The van der Waals surface area contributed by atoms with Crippen molar-refractivity contribution in [1.29, 1.82) is 0 Å². The van der Waals surface area contributed by atoms with Crippen LogP contribution in [0, 0.1) is 5.82 Å². The Bertz CT molecular complexity index is 519. The molecular formula is C13H18FN3. The van der Waals surface area contributed by atoms with Crippen molar-refractivity contribution in [2.45, 2.75) is 32.2 Å². The quantitative estimate of drug-likeness (QED) is 0.884. The van der Waals surface area contributed by atoms with Gasteiger partial charge in [0, 0.05) is 19.5 Å². The molecule has 2 rings (SSSR count). The zero-order chi connectivity index (χ0) is 12.4. The molecule has 0 spiro atoms. The Morgan fingerprint density at radius 1 is 1.47 bits per heavy atom. The highest BCUT2D eigenvalue weighted by molar-refractivity contribution is 5.75. The number of nitrogens with two attached hydrogens (primary N) is 1. The first kappa shape index (κ1) is 12.0. The average Bonchev–Trinajstić information content (AvgIpc) is 2.57. The van der Waals surface area contributed by atoms with Gasteiger partial charge in [-0.05, 0) is 24.6 Å². The maximum atomic E-state index is 13.1. The van der Waals surface area contributed by atoms with Gasteiger partial charge in [0.2, 0.25) is 0 Å². The Labute approximate surface area is 100 Å². The SMILES string of the molecule is CCCC(N)Cc1nc2ccc(F)cc2n1C. The van der Waals surface area contributed by atoms with Gasteiger partial charge in [-0.1, -0.05) is 13.3 Å². The van der Waals surface area contributed by atoms with Crippen LogP contribution in [0.4, 0.5) is 4.39 Å². The zero-order valence-corrected chi connectivity index (χ0v) is 10.3. The van der Waals surface area contributed by atoms with Crippen molar-refractivity contribution in [3.05, 3.63) is 29.8 Å². The molecule has 1 aromatic heterocycles. The molecule has 0 fully saturated rings. The number of halogens is 1. The summed E-state index contributed by atoms with van der Waals surface area (Å²) in [4.78, 5) is 4.49. The van der Waals surface area contributed by atoms with E-state index in [0.29, 0.717) is 0 Å². The summed E-state index contributed by atoms with van der Waals surface area (Å²) < 4.78 is 15.1. The summed E-state index contributed by atoms with van der Waals surface area (Å²) in [6.45, 7) is 2.12. The molecule has 17 heavy (non-hydrogen) atoms. The van der Waals surface area contributed by atoms with Gasteiger partial charge in [-0.2, -0.15) is 0 Å². The van der Waals surface area contributed by atoms with Gasteiger partial charge in [-0.25, -0.2) is 9.37 Å². The number of aryl methyl sites for hydroxylation is 1. The number of nitrogens with zero attached hydrogens (tertiary/aromatic N) is 2. The van der Waals surface area contributed by atoms with Gasteiger partial charge >= 0.3 is 0 Å². The van der Waals surface area contributed by atoms with Crippen LogP contribution in [0.5, 0.6) is 0 Å². The fraction of sp³-hybridized carbons (Fsp3) is 0.462. The van der Waals surface area contributed by atoms with Gasteiger partial charge in [-0.3, -0.25) is 0 Å². The lowest BCUT2D eigenvalue weighted by molar-refractivity contribution is 0.576. The first-order valence-electron chi connectivity index (χ1n) is 5.98. The molecule has 0 saturated carbocycles. The van der Waals surface area contributed by atoms with Gasteiger partial charge in [0.15, 0.2) is 0 Å². The first-order valence-corrected chi connectivity index (χ1v) is 5.98. The topological polar surface area (TPSA) is 43.8 Å². The van der Waals surface area contributed by atoms with Crippen LogP contribution in [0.2, 0.25) is 0 Å². The van der Waals surface area contributed by atoms with E-state index in [0.717, 1.165) is 36.1 Å². The van der Waals surface area contributed by atoms with E-state index < -0.39 is 0 Å². The predicted molar refractivity (Wildman–Crippen MR) is 67.3 cm³/mol. The lowest BCUT2D eigenvalue weighted by Crippen LogP contribution is -2.24. The second-order valence-electron chi connectivity index (χ2n) is 4.47. The largest absolute Gasteiger partial charge is 0.331 e. The van der Waals surface area contributed by atoms with Crippen molar-refractivity contribution in [1.82, 2.24) is 9.55 Å². The minimum absolute atomic E-state index is 0.125. The summed E-state index contributed by atoms with van der Waals surface area (Å²) in [7, 11) is 1.91. The van der Waals surface area contributed by atoms with Crippen LogP contribution in [-0.2, 0) is 13.5 Å². The molecule has 3 nitrogen and oxygen atoms in total. The monoisotopic (exact) mass is 235 g/mol. The summed E-state index contributed by atoms with van der Waals surface area (Å²) in [5.41, 5.74) is 7.66. The minimum atomic E-state index is -0.232. The van der Waals surface area contributed by atoms with Crippen LogP contribution in [0.15, 0.2) is 18.2 Å². The van der Waals surface area contributed by atoms with E-state index in [-0.39, 0.29) is 11.9 Å². The van der Waals surface area contributed by atoms with Gasteiger partial charge in [-0.15, -0.1) is 0 Å². The molecule has 1 unspecified atom stereocenters. The van der Waals surface area contributed by atoms with E-state index in [9.17, 15) is 4.39 Å². The lowest BCUT2D eigenvalue weighted by atomic mass is 10.1. The highest BCUT2D eigenvalue weighted by atomic mass is 19.1. The molecule has 0 aliphatic rings. The van der Waals surface area contributed by atoms with Crippen LogP contribution in [-0.4, -0.2) is 15.6 Å². The normalized spacial score (nSPS) is 13.2. The van der Waals surface area contributed by atoms with Gasteiger partial charge in [0.1, 0.15) is 11.6 Å². The van der Waals surface area contributed by atoms with E-state index in [4.69, 9.17) is 5.73 Å². The molecule has 0 amide bonds. The number of benzene rings is 1. The molecule has 1 aromatic carbocycles. The first-order chi connectivity index (χ1) is 8.11. The molecule has 4 heteroatoms. The number of aromatic nitrogens is 2. The fourth-order valence-corrected chi connectivity index (χ4v) is 2.10. The van der Waals surface area contributed by atoms with Crippen molar-refractivity contribution in [3.63, 3.8) is 0 Å². The molecule has 2 N–H and O–H groups in total. The molecule has 0 bridgehead atoms. The fourth-order valence-electron chi connectivity index (χ4n) is 2.10. The summed E-state index contributed by atoms with van der Waals surface area (Å²) in [5.74, 6) is 0.691. The summed E-state index contributed by atoms with van der Waals surface area (Å²) in [5, 5.41) is 0. The van der Waals surface area contributed by atoms with Gasteiger partial charge < -0.3 is 10.3 Å². The molecule has 0 saturated heterocycles. The maximum Gasteiger partial charge on any atom is 0.125 e. The smallest absolute Gasteiger partial charge is 0.125 e. The Hall–Kier alpha value is -1.42. The Morgan fingerprint density at radius 3 is 2.94 bits per heavy atom. The number of fused-ring (bicyclic) bond motifs is 1. The molecule has 1 atom stereocenters. The molecule has 2 aromatic rings. The third-order valence-corrected chi connectivity index (χ3v) is 3.04. The maximum absolute atomic E-state index is 13.1. The minimum Gasteiger partial charge on any atom is -0.331 e. The molecule has 92 valence electrons. The summed E-state index contributed by atoms with van der Waals surface area (Å²) in [6.07, 6.45) is 2.79. The van der Waals surface area contributed by atoms with Gasteiger partial charge in [0.05, 0.1) is 11.0 Å². The van der Waals surface area contributed by atoms with Gasteiger partial charge in [0.25, 0.3) is 0 Å². The van der Waals surface area contributed by atoms with Crippen molar-refractivity contribution >= 4 is 11.0 Å². The number of rotatable bonds is 4. The number of imidazole rings is 1. The van der Waals surface area contributed by atoms with Crippen LogP contribution in [0.3, 0.4) is 0 Å². The number of hydrogen-bond acceptors (Lipinski definition) is 2. The van der Waals surface area contributed by atoms with Crippen molar-refractivity contribution in [2.24, 2.45) is 12.8 Å². The van der Waals surface area contributed by atoms with E-state index in [1.54, 1.807) is 6.07 Å². The van der Waals surface area contributed by atoms with Crippen LogP contribution < -0.4 is 5.73 Å². The summed E-state index contributed by atoms with van der Waals surface area (Å²) in [6, 6.07) is 4.78. The third kappa shape index (κ3) is 2.47. The van der Waals surface area contributed by atoms with Crippen molar-refractivity contribution < 1.29 is 4.39 Å². The molecule has 1 heterocycles. The molecular weight excluding hydrogens is 217 g/mol. The van der Waals surface area contributed by atoms with Crippen LogP contribution in [0.1, 0.15) is 25.6 Å². The highest BCUT2D eigenvalue weighted by Crippen LogP contribution is 2.17. The van der Waals surface area contributed by atoms with E-state index in [2.05, 4.69) is 11.9 Å². The second kappa shape index (κ2) is 4.84. The highest BCUT2D eigenvalue weighted by Gasteiger charge is 2.11. The van der Waals surface area contributed by atoms with Crippen LogP contribution >= 0.6 is 0 Å². The standard InChI is InChI=1S/C13H18FN3/c1-3-4-10(15)8-13-16-11-6-5-9(14)7-12(11)17(13)2/h5-7,10H,3-4,8,15H2,1-2H3. The second-order valence-corrected chi connectivity index (χ2v) is 4.47. The van der Waals surface area contributed by atoms with E-state index >= 15 is 0 Å². The molecule has 0 radical (unpaired) electrons. The van der Waals surface area contributed by atoms with Crippen molar-refractivity contribution in [2.75, 3.05) is 0 Å². The Morgan fingerprint density at radius 2 is 2.24 bits per heavy atom. The van der Waals surface area contributed by atoms with E-state index in [1.165, 1.54) is 12.1 Å². The Kier molecular flexibility index (Phi) is 3.43. The lowest BCUT2D eigenvalue weighted by Gasteiger charge is -2.09. The average molecular weight is 235 g/mol. The third-order valence-electron chi connectivity index (χ3n) is 3.04.